The molecule has 0 saturated heterocycles. The topological polar surface area (TPSA) is 75.0 Å². The maximum Gasteiger partial charge on any atom is 0.276 e. The minimum absolute atomic E-state index is 0.204. The molecule has 5 heteroatoms. The zero-order chi connectivity index (χ0) is 10.1. The van der Waals surface area contributed by atoms with E-state index in [1.165, 1.54) is 19.2 Å². The standard InChI is InChI=1S/C9H14N4O/c1-13(4-6-2-3-6)8-7(10)9(14)12-5-11-8/h5-6H,2-4,10H2,1H3,(H,11,12,14). The van der Waals surface area contributed by atoms with Crippen molar-refractivity contribution in [2.45, 2.75) is 12.8 Å². The highest BCUT2D eigenvalue weighted by Crippen LogP contribution is 2.30. The summed E-state index contributed by atoms with van der Waals surface area (Å²) in [4.78, 5) is 19.7. The minimum Gasteiger partial charge on any atom is -0.391 e. The Labute approximate surface area is 82.0 Å². The van der Waals surface area contributed by atoms with Crippen LogP contribution in [0, 0.1) is 5.92 Å². The third-order valence-corrected chi connectivity index (χ3v) is 2.46. The predicted octanol–water partition coefficient (Wildman–Crippen LogP) is 0.198. The first-order valence-corrected chi connectivity index (χ1v) is 4.73. The molecule has 1 saturated carbocycles. The Hall–Kier alpha value is -1.52. The Morgan fingerprint density at radius 2 is 2.43 bits per heavy atom. The van der Waals surface area contributed by atoms with Gasteiger partial charge in [0.05, 0.1) is 6.33 Å². The lowest BCUT2D eigenvalue weighted by Gasteiger charge is -2.18. The molecule has 3 N–H and O–H groups in total. The second-order valence-electron chi connectivity index (χ2n) is 3.79. The van der Waals surface area contributed by atoms with Crippen LogP contribution in [0.2, 0.25) is 0 Å². The third-order valence-electron chi connectivity index (χ3n) is 2.46. The Kier molecular flexibility index (Phi) is 2.15. The quantitative estimate of drug-likeness (QED) is 0.720. The van der Waals surface area contributed by atoms with Gasteiger partial charge in [0.25, 0.3) is 5.56 Å². The number of H-pyrrole nitrogens is 1. The van der Waals surface area contributed by atoms with Gasteiger partial charge in [-0.25, -0.2) is 4.98 Å². The lowest BCUT2D eigenvalue weighted by Crippen LogP contribution is -2.25. The van der Waals surface area contributed by atoms with Crippen molar-refractivity contribution < 1.29 is 0 Å². The normalized spacial score (nSPS) is 15.5. The number of nitrogens with two attached hydrogens (primary N) is 1. The molecule has 1 aliphatic rings. The van der Waals surface area contributed by atoms with Gasteiger partial charge in [0.15, 0.2) is 5.82 Å². The first kappa shape index (κ1) is 9.05. The highest BCUT2D eigenvalue weighted by atomic mass is 16.1. The molecule has 0 radical (unpaired) electrons. The van der Waals surface area contributed by atoms with E-state index in [2.05, 4.69) is 9.97 Å². The van der Waals surface area contributed by atoms with Crippen LogP contribution < -0.4 is 16.2 Å². The van der Waals surface area contributed by atoms with E-state index in [1.807, 2.05) is 11.9 Å². The number of hydrogen-bond donors (Lipinski definition) is 2. The molecule has 0 atom stereocenters. The number of anilines is 2. The molecule has 0 spiro atoms. The maximum absolute atomic E-state index is 11.2. The van der Waals surface area contributed by atoms with Crippen molar-refractivity contribution in [3.05, 3.63) is 16.7 Å². The minimum atomic E-state index is -0.266. The lowest BCUT2D eigenvalue weighted by molar-refractivity contribution is 0.775. The van der Waals surface area contributed by atoms with Crippen LogP contribution in [0.3, 0.4) is 0 Å². The lowest BCUT2D eigenvalue weighted by atomic mass is 10.3. The fourth-order valence-electron chi connectivity index (χ4n) is 1.48. The molecule has 0 unspecified atom stereocenters. The van der Waals surface area contributed by atoms with E-state index in [-0.39, 0.29) is 11.2 Å². The second-order valence-corrected chi connectivity index (χ2v) is 3.79. The van der Waals surface area contributed by atoms with Crippen LogP contribution in [0.5, 0.6) is 0 Å². The molecule has 76 valence electrons. The van der Waals surface area contributed by atoms with Crippen LogP contribution in [0.4, 0.5) is 11.5 Å². The summed E-state index contributed by atoms with van der Waals surface area (Å²) >= 11 is 0. The van der Waals surface area contributed by atoms with Crippen LogP contribution >= 0.6 is 0 Å². The molecular formula is C9H14N4O. The summed E-state index contributed by atoms with van der Waals surface area (Å²) in [5.74, 6) is 1.33. The predicted molar refractivity (Wildman–Crippen MR) is 55.3 cm³/mol. The van der Waals surface area contributed by atoms with Gasteiger partial charge in [0.2, 0.25) is 0 Å². The summed E-state index contributed by atoms with van der Waals surface area (Å²) in [5, 5.41) is 0. The van der Waals surface area contributed by atoms with Crippen LogP contribution in [0.15, 0.2) is 11.1 Å². The molecule has 1 heterocycles. The van der Waals surface area contributed by atoms with Crippen LogP contribution in [0.1, 0.15) is 12.8 Å². The summed E-state index contributed by atoms with van der Waals surface area (Å²) in [6.45, 7) is 0.931. The van der Waals surface area contributed by atoms with E-state index in [4.69, 9.17) is 5.73 Å². The molecule has 5 nitrogen and oxygen atoms in total. The highest BCUT2D eigenvalue weighted by molar-refractivity contribution is 5.60. The Bertz CT molecular complexity index is 383. The van der Waals surface area contributed by atoms with Crippen molar-refractivity contribution in [3.63, 3.8) is 0 Å². The summed E-state index contributed by atoms with van der Waals surface area (Å²) in [5.41, 5.74) is 5.57. The number of hydrogen-bond acceptors (Lipinski definition) is 4. The van der Waals surface area contributed by atoms with E-state index < -0.39 is 0 Å². The van der Waals surface area contributed by atoms with Gasteiger partial charge in [-0.3, -0.25) is 4.79 Å². The maximum atomic E-state index is 11.2. The van der Waals surface area contributed by atoms with Gasteiger partial charge < -0.3 is 15.6 Å². The van der Waals surface area contributed by atoms with Gasteiger partial charge in [-0.2, -0.15) is 0 Å². The van der Waals surface area contributed by atoms with Crippen LogP contribution in [-0.2, 0) is 0 Å². The molecular weight excluding hydrogens is 180 g/mol. The fourth-order valence-corrected chi connectivity index (χ4v) is 1.48. The Morgan fingerprint density at radius 1 is 1.71 bits per heavy atom. The van der Waals surface area contributed by atoms with Gasteiger partial charge in [0.1, 0.15) is 5.69 Å². The van der Waals surface area contributed by atoms with E-state index in [9.17, 15) is 4.79 Å². The highest BCUT2D eigenvalue weighted by Gasteiger charge is 2.24. The van der Waals surface area contributed by atoms with E-state index in [0.29, 0.717) is 5.82 Å². The molecule has 0 aliphatic heterocycles. The summed E-state index contributed by atoms with van der Waals surface area (Å²) in [6, 6.07) is 0. The largest absolute Gasteiger partial charge is 0.391 e. The van der Waals surface area contributed by atoms with Crippen molar-refractivity contribution in [1.29, 1.82) is 0 Å². The summed E-state index contributed by atoms with van der Waals surface area (Å²) < 4.78 is 0. The SMILES string of the molecule is CN(CC1CC1)c1nc[nH]c(=O)c1N. The number of aromatic nitrogens is 2. The molecule has 0 amide bonds. The molecule has 2 rings (SSSR count). The molecule has 1 aromatic heterocycles. The number of nitrogen functional groups attached to an aromatic ring is 1. The molecule has 1 aliphatic carbocycles. The monoisotopic (exact) mass is 194 g/mol. The van der Waals surface area contributed by atoms with Crippen molar-refractivity contribution in [2.75, 3.05) is 24.2 Å². The van der Waals surface area contributed by atoms with Gasteiger partial charge in [0, 0.05) is 13.6 Å². The molecule has 0 bridgehead atoms. The summed E-state index contributed by atoms with van der Waals surface area (Å²) in [6.07, 6.45) is 3.93. The molecule has 1 fully saturated rings. The first-order valence-electron chi connectivity index (χ1n) is 4.73. The Balaban J connectivity index is 2.21. The zero-order valence-electron chi connectivity index (χ0n) is 8.16. The van der Waals surface area contributed by atoms with E-state index >= 15 is 0 Å². The smallest absolute Gasteiger partial charge is 0.276 e. The van der Waals surface area contributed by atoms with Crippen molar-refractivity contribution in [3.8, 4) is 0 Å². The molecule has 14 heavy (non-hydrogen) atoms. The van der Waals surface area contributed by atoms with Crippen LogP contribution in [0.25, 0.3) is 0 Å². The van der Waals surface area contributed by atoms with Gasteiger partial charge in [-0.05, 0) is 18.8 Å². The van der Waals surface area contributed by atoms with Gasteiger partial charge >= 0.3 is 0 Å². The van der Waals surface area contributed by atoms with E-state index in [1.54, 1.807) is 0 Å². The number of nitrogens with one attached hydrogen (secondary N) is 1. The molecule has 1 aromatic rings. The van der Waals surface area contributed by atoms with Crippen molar-refractivity contribution in [2.24, 2.45) is 5.92 Å². The molecule has 0 aromatic carbocycles. The number of rotatable bonds is 3. The van der Waals surface area contributed by atoms with E-state index in [0.717, 1.165) is 12.5 Å². The third kappa shape index (κ3) is 1.71. The number of aromatic amines is 1. The first-order chi connectivity index (χ1) is 6.68. The van der Waals surface area contributed by atoms with Crippen LogP contribution in [-0.4, -0.2) is 23.6 Å². The Morgan fingerprint density at radius 3 is 3.07 bits per heavy atom. The van der Waals surface area contributed by atoms with Gasteiger partial charge in [-0.1, -0.05) is 0 Å². The van der Waals surface area contributed by atoms with Crippen molar-refractivity contribution in [1.82, 2.24) is 9.97 Å². The average molecular weight is 194 g/mol. The summed E-state index contributed by atoms with van der Waals surface area (Å²) in [7, 11) is 1.91. The number of nitrogens with zero attached hydrogens (tertiary/aromatic N) is 2. The van der Waals surface area contributed by atoms with Gasteiger partial charge in [-0.15, -0.1) is 0 Å². The van der Waals surface area contributed by atoms with Crippen molar-refractivity contribution >= 4 is 11.5 Å². The second kappa shape index (κ2) is 3.32. The fraction of sp³-hybridized carbons (Fsp3) is 0.556. The zero-order valence-corrected chi connectivity index (χ0v) is 8.16. The average Bonchev–Trinajstić information content (AvgIpc) is 2.93.